The van der Waals surface area contributed by atoms with Crippen molar-refractivity contribution < 1.29 is 4.79 Å². The number of nitrogens with two attached hydrogens (primary N) is 1. The number of carbonyl (C=O) groups is 1. The topological polar surface area (TPSA) is 68.0 Å². The molecule has 2 aromatic rings. The van der Waals surface area contributed by atoms with E-state index in [1.807, 2.05) is 52.0 Å². The molecular formula is C18H25Cl2N3OS. The Morgan fingerprint density at radius 2 is 1.92 bits per heavy atom. The number of hydrogen-bond acceptors (Lipinski definition) is 4. The zero-order chi connectivity index (χ0) is 17.9. The van der Waals surface area contributed by atoms with E-state index >= 15 is 0 Å². The van der Waals surface area contributed by atoms with E-state index < -0.39 is 6.04 Å². The van der Waals surface area contributed by atoms with Gasteiger partial charge in [-0.2, -0.15) is 0 Å². The first-order valence-electron chi connectivity index (χ1n) is 8.12. The fourth-order valence-corrected chi connectivity index (χ4v) is 3.61. The third kappa shape index (κ3) is 5.42. The highest BCUT2D eigenvalue weighted by molar-refractivity contribution is 7.15. The van der Waals surface area contributed by atoms with Crippen LogP contribution >= 0.6 is 35.3 Å². The summed E-state index contributed by atoms with van der Waals surface area (Å²) in [6, 6.07) is 7.00. The Bertz CT molecular complexity index is 703. The van der Waals surface area contributed by atoms with Crippen molar-refractivity contribution in [3.8, 4) is 10.6 Å². The number of nitrogens with zero attached hydrogens (tertiary/aromatic N) is 1. The van der Waals surface area contributed by atoms with E-state index in [4.69, 9.17) is 17.3 Å². The van der Waals surface area contributed by atoms with Crippen LogP contribution in [0.15, 0.2) is 24.3 Å². The molecule has 1 aromatic carbocycles. The molecule has 4 nitrogen and oxygen atoms in total. The molecule has 0 bridgehead atoms. The van der Waals surface area contributed by atoms with Crippen LogP contribution in [-0.2, 0) is 4.79 Å². The van der Waals surface area contributed by atoms with Crippen LogP contribution in [0.4, 0.5) is 0 Å². The van der Waals surface area contributed by atoms with Gasteiger partial charge in [-0.1, -0.05) is 44.0 Å². The van der Waals surface area contributed by atoms with Crippen molar-refractivity contribution in [3.63, 3.8) is 0 Å². The van der Waals surface area contributed by atoms with Gasteiger partial charge in [0.15, 0.2) is 0 Å². The average molecular weight is 402 g/mol. The van der Waals surface area contributed by atoms with Gasteiger partial charge >= 0.3 is 0 Å². The Morgan fingerprint density at radius 3 is 2.48 bits per heavy atom. The minimum Gasteiger partial charge on any atom is -0.347 e. The van der Waals surface area contributed by atoms with Crippen LogP contribution in [0.2, 0.25) is 5.02 Å². The van der Waals surface area contributed by atoms with Crippen molar-refractivity contribution in [3.05, 3.63) is 39.9 Å². The number of amides is 1. The number of rotatable bonds is 6. The first kappa shape index (κ1) is 21.9. The van der Waals surface area contributed by atoms with Gasteiger partial charge in [-0.05, 0) is 31.9 Å². The summed E-state index contributed by atoms with van der Waals surface area (Å²) in [6.07, 6.45) is 0.878. The molecule has 0 fully saturated rings. The molecule has 0 aliphatic carbocycles. The zero-order valence-corrected chi connectivity index (χ0v) is 17.3. The lowest BCUT2D eigenvalue weighted by Gasteiger charge is -2.20. The predicted molar refractivity (Wildman–Crippen MR) is 109 cm³/mol. The van der Waals surface area contributed by atoms with Crippen molar-refractivity contribution in [2.45, 2.75) is 46.2 Å². The molecule has 3 unspecified atom stereocenters. The minimum atomic E-state index is -0.485. The lowest BCUT2D eigenvalue weighted by atomic mass is 9.99. The lowest BCUT2D eigenvalue weighted by molar-refractivity contribution is -0.124. The standard InChI is InChI=1S/C18H24ClN3OS.ClH/c1-5-10(2)15(20)17(23)21-11(3)16-12(4)22-18(24-16)13-6-8-14(19)9-7-13;/h6-11,15H,5,20H2,1-4H3,(H,21,23);1H. The molecule has 0 saturated carbocycles. The van der Waals surface area contributed by atoms with Crippen molar-refractivity contribution in [2.75, 3.05) is 0 Å². The Hall–Kier alpha value is -1.14. The second-order valence-corrected chi connectivity index (χ2v) is 7.58. The number of nitrogens with one attached hydrogen (secondary N) is 1. The normalized spacial score (nSPS) is 14.3. The largest absolute Gasteiger partial charge is 0.347 e. The van der Waals surface area contributed by atoms with Gasteiger partial charge in [0.25, 0.3) is 0 Å². The highest BCUT2D eigenvalue weighted by atomic mass is 35.5. The molecule has 3 N–H and O–H groups in total. The molecule has 1 heterocycles. The Morgan fingerprint density at radius 1 is 1.32 bits per heavy atom. The van der Waals surface area contributed by atoms with Crippen LogP contribution in [0.25, 0.3) is 10.6 Å². The van der Waals surface area contributed by atoms with Gasteiger partial charge in [0.05, 0.1) is 22.7 Å². The maximum Gasteiger partial charge on any atom is 0.237 e. The summed E-state index contributed by atoms with van der Waals surface area (Å²) in [5.74, 6) is 0.0436. The van der Waals surface area contributed by atoms with Crippen molar-refractivity contribution in [2.24, 2.45) is 11.7 Å². The second-order valence-electron chi connectivity index (χ2n) is 6.12. The fourth-order valence-electron chi connectivity index (χ4n) is 2.41. The van der Waals surface area contributed by atoms with Gasteiger partial charge in [-0.15, -0.1) is 23.7 Å². The van der Waals surface area contributed by atoms with Crippen molar-refractivity contribution >= 4 is 41.3 Å². The van der Waals surface area contributed by atoms with Crippen molar-refractivity contribution in [1.82, 2.24) is 10.3 Å². The molecule has 7 heteroatoms. The molecule has 2 rings (SSSR count). The molecule has 138 valence electrons. The van der Waals surface area contributed by atoms with E-state index in [0.717, 1.165) is 27.6 Å². The lowest BCUT2D eigenvalue weighted by Crippen LogP contribution is -2.45. The quantitative estimate of drug-likeness (QED) is 0.733. The van der Waals surface area contributed by atoms with Crippen LogP contribution in [0.3, 0.4) is 0 Å². The summed E-state index contributed by atoms with van der Waals surface area (Å²) < 4.78 is 0. The maximum absolute atomic E-state index is 12.3. The highest BCUT2D eigenvalue weighted by Gasteiger charge is 2.23. The van der Waals surface area contributed by atoms with Gasteiger partial charge in [0, 0.05) is 10.6 Å². The molecule has 0 saturated heterocycles. The van der Waals surface area contributed by atoms with Gasteiger partial charge < -0.3 is 11.1 Å². The number of aryl methyl sites for hydroxylation is 1. The Kier molecular flexibility index (Phi) is 8.35. The van der Waals surface area contributed by atoms with Crippen LogP contribution < -0.4 is 11.1 Å². The molecule has 0 spiro atoms. The molecule has 1 amide bonds. The molecule has 0 aliphatic heterocycles. The zero-order valence-electron chi connectivity index (χ0n) is 14.9. The Balaban J connectivity index is 0.00000312. The third-order valence-corrected chi connectivity index (χ3v) is 5.88. The summed E-state index contributed by atoms with van der Waals surface area (Å²) in [5, 5.41) is 4.63. The molecule has 1 aromatic heterocycles. The van der Waals surface area contributed by atoms with Crippen molar-refractivity contribution in [1.29, 1.82) is 0 Å². The molecule has 0 aliphatic rings. The summed E-state index contributed by atoms with van der Waals surface area (Å²) in [4.78, 5) is 18.0. The smallest absolute Gasteiger partial charge is 0.237 e. The first-order valence-corrected chi connectivity index (χ1v) is 9.32. The number of halogens is 2. The first-order chi connectivity index (χ1) is 11.3. The third-order valence-electron chi connectivity index (χ3n) is 4.24. The average Bonchev–Trinajstić information content (AvgIpc) is 2.95. The molecule has 3 atom stereocenters. The van der Waals surface area contributed by atoms with Crippen LogP contribution in [0.5, 0.6) is 0 Å². The summed E-state index contributed by atoms with van der Waals surface area (Å²) in [6.45, 7) is 7.95. The van der Waals surface area contributed by atoms with Gasteiger partial charge in [0.2, 0.25) is 5.91 Å². The predicted octanol–water partition coefficient (Wildman–Crippen LogP) is 4.74. The van der Waals surface area contributed by atoms with Crippen LogP contribution in [0, 0.1) is 12.8 Å². The molecule has 0 radical (unpaired) electrons. The van der Waals surface area contributed by atoms with Gasteiger partial charge in [-0.3, -0.25) is 4.79 Å². The van der Waals surface area contributed by atoms with Crippen LogP contribution in [-0.4, -0.2) is 16.9 Å². The van der Waals surface area contributed by atoms with E-state index in [-0.39, 0.29) is 30.3 Å². The van der Waals surface area contributed by atoms with Crippen LogP contribution in [0.1, 0.15) is 43.8 Å². The minimum absolute atomic E-state index is 0. The van der Waals surface area contributed by atoms with Gasteiger partial charge in [0.1, 0.15) is 5.01 Å². The van der Waals surface area contributed by atoms with E-state index in [0.29, 0.717) is 5.02 Å². The number of aromatic nitrogens is 1. The van der Waals surface area contributed by atoms with Gasteiger partial charge in [-0.25, -0.2) is 4.98 Å². The monoisotopic (exact) mass is 401 g/mol. The number of benzene rings is 1. The summed E-state index contributed by atoms with van der Waals surface area (Å²) >= 11 is 7.52. The van der Waals surface area contributed by atoms with E-state index in [1.54, 1.807) is 11.3 Å². The number of carbonyl (C=O) groups excluding carboxylic acids is 1. The van der Waals surface area contributed by atoms with E-state index in [9.17, 15) is 4.79 Å². The SMILES string of the molecule is CCC(C)C(N)C(=O)NC(C)c1sc(-c2ccc(Cl)cc2)nc1C.Cl. The summed E-state index contributed by atoms with van der Waals surface area (Å²) in [5.41, 5.74) is 7.96. The second kappa shape index (κ2) is 9.53. The maximum atomic E-state index is 12.3. The molecular weight excluding hydrogens is 377 g/mol. The van der Waals surface area contributed by atoms with E-state index in [2.05, 4.69) is 10.3 Å². The highest BCUT2D eigenvalue weighted by Crippen LogP contribution is 2.32. The number of hydrogen-bond donors (Lipinski definition) is 2. The molecule has 25 heavy (non-hydrogen) atoms. The van der Waals surface area contributed by atoms with E-state index in [1.165, 1.54) is 0 Å². The number of thiazole rings is 1. The summed E-state index contributed by atoms with van der Waals surface area (Å²) in [7, 11) is 0. The fraction of sp³-hybridized carbons (Fsp3) is 0.444. The Labute approximate surface area is 164 Å².